The molecule has 0 amide bonds. The number of hydrogen-bond acceptors (Lipinski definition) is 1. The predicted octanol–water partition coefficient (Wildman–Crippen LogP) is 4.16. The zero-order chi connectivity index (χ0) is 15.0. The van der Waals surface area contributed by atoms with Gasteiger partial charge in [-0.1, -0.05) is 6.07 Å². The quantitative estimate of drug-likeness (QED) is 0.811. The number of rotatable bonds is 2. The van der Waals surface area contributed by atoms with Gasteiger partial charge >= 0.3 is 6.18 Å². The van der Waals surface area contributed by atoms with E-state index in [0.717, 1.165) is 0 Å². The van der Waals surface area contributed by atoms with Gasteiger partial charge in [-0.05, 0) is 55.9 Å². The third-order valence-electron chi connectivity index (χ3n) is 4.11. The summed E-state index contributed by atoms with van der Waals surface area (Å²) >= 11 is 0. The molecule has 1 N–H and O–H groups in total. The van der Waals surface area contributed by atoms with E-state index < -0.39 is 17.7 Å². The molecule has 112 valence electrons. The van der Waals surface area contributed by atoms with Crippen LogP contribution in [0.1, 0.15) is 36.8 Å². The van der Waals surface area contributed by atoms with Gasteiger partial charge in [-0.25, -0.2) is 4.39 Å². The highest BCUT2D eigenvalue weighted by Gasteiger charge is 2.46. The molecular formula is C15H18F4O. The molecule has 20 heavy (non-hydrogen) atoms. The fourth-order valence-electron chi connectivity index (χ4n) is 2.99. The first-order valence-electron chi connectivity index (χ1n) is 6.74. The van der Waals surface area contributed by atoms with Gasteiger partial charge in [0, 0.05) is 6.42 Å². The molecule has 0 saturated heterocycles. The smallest absolute Gasteiger partial charge is 0.390 e. The highest BCUT2D eigenvalue weighted by atomic mass is 19.4. The predicted molar refractivity (Wildman–Crippen MR) is 67.8 cm³/mol. The lowest BCUT2D eigenvalue weighted by Gasteiger charge is -2.38. The van der Waals surface area contributed by atoms with E-state index >= 15 is 0 Å². The highest BCUT2D eigenvalue weighted by molar-refractivity contribution is 5.28. The molecule has 1 aliphatic rings. The average Bonchev–Trinajstić information content (AvgIpc) is 2.32. The van der Waals surface area contributed by atoms with E-state index in [1.54, 1.807) is 13.0 Å². The van der Waals surface area contributed by atoms with Gasteiger partial charge in [0.2, 0.25) is 0 Å². The van der Waals surface area contributed by atoms with Crippen LogP contribution in [0.4, 0.5) is 17.6 Å². The van der Waals surface area contributed by atoms with Crippen LogP contribution in [0.15, 0.2) is 18.2 Å². The van der Waals surface area contributed by atoms with Gasteiger partial charge in [0.1, 0.15) is 5.82 Å². The summed E-state index contributed by atoms with van der Waals surface area (Å²) in [6.45, 7) is 1.70. The Bertz CT molecular complexity index is 483. The van der Waals surface area contributed by atoms with Crippen molar-refractivity contribution in [1.29, 1.82) is 0 Å². The second kappa shape index (κ2) is 5.35. The zero-order valence-corrected chi connectivity index (χ0v) is 11.3. The molecule has 2 unspecified atom stereocenters. The van der Waals surface area contributed by atoms with E-state index in [4.69, 9.17) is 0 Å². The molecule has 1 nitrogen and oxygen atoms in total. The highest BCUT2D eigenvalue weighted by Crippen LogP contribution is 2.43. The Morgan fingerprint density at radius 3 is 2.65 bits per heavy atom. The Balaban J connectivity index is 2.14. The van der Waals surface area contributed by atoms with Gasteiger partial charge in [-0.3, -0.25) is 0 Å². The minimum Gasteiger partial charge on any atom is -0.390 e. The van der Waals surface area contributed by atoms with Gasteiger partial charge < -0.3 is 5.11 Å². The minimum absolute atomic E-state index is 0.0776. The lowest BCUT2D eigenvalue weighted by Crippen LogP contribution is -2.42. The van der Waals surface area contributed by atoms with Crippen LogP contribution < -0.4 is 0 Å². The van der Waals surface area contributed by atoms with Crippen LogP contribution in [0.3, 0.4) is 0 Å². The number of aryl methyl sites for hydroxylation is 1. The van der Waals surface area contributed by atoms with Gasteiger partial charge in [-0.2, -0.15) is 13.2 Å². The molecule has 0 bridgehead atoms. The van der Waals surface area contributed by atoms with Crippen molar-refractivity contribution in [1.82, 2.24) is 0 Å². The van der Waals surface area contributed by atoms with Crippen molar-refractivity contribution >= 4 is 0 Å². The molecule has 0 aliphatic heterocycles. The first-order chi connectivity index (χ1) is 9.20. The van der Waals surface area contributed by atoms with Crippen molar-refractivity contribution in [2.75, 3.05) is 0 Å². The summed E-state index contributed by atoms with van der Waals surface area (Å²) in [7, 11) is 0. The molecule has 2 atom stereocenters. The first-order valence-corrected chi connectivity index (χ1v) is 6.74. The molecule has 0 spiro atoms. The topological polar surface area (TPSA) is 20.2 Å². The van der Waals surface area contributed by atoms with Crippen molar-refractivity contribution in [3.63, 3.8) is 0 Å². The number of benzene rings is 1. The fraction of sp³-hybridized carbons (Fsp3) is 0.600. The Morgan fingerprint density at radius 1 is 1.35 bits per heavy atom. The van der Waals surface area contributed by atoms with E-state index in [1.165, 1.54) is 12.1 Å². The van der Waals surface area contributed by atoms with Crippen LogP contribution >= 0.6 is 0 Å². The van der Waals surface area contributed by atoms with Crippen molar-refractivity contribution in [2.24, 2.45) is 5.92 Å². The normalized spacial score (nSPS) is 27.6. The Kier molecular flexibility index (Phi) is 4.09. The molecule has 0 radical (unpaired) electrons. The summed E-state index contributed by atoms with van der Waals surface area (Å²) in [4.78, 5) is 0. The molecule has 1 aromatic carbocycles. The van der Waals surface area contributed by atoms with Crippen LogP contribution in [0.5, 0.6) is 0 Å². The molecular weight excluding hydrogens is 272 g/mol. The molecule has 0 aromatic heterocycles. The maximum atomic E-state index is 13.0. The lowest BCUT2D eigenvalue weighted by molar-refractivity contribution is -0.200. The summed E-state index contributed by atoms with van der Waals surface area (Å²) in [6, 6.07) is 4.15. The van der Waals surface area contributed by atoms with Crippen LogP contribution in [0, 0.1) is 18.7 Å². The Hall–Kier alpha value is -1.10. The fourth-order valence-corrected chi connectivity index (χ4v) is 2.99. The monoisotopic (exact) mass is 290 g/mol. The summed E-state index contributed by atoms with van der Waals surface area (Å²) in [6.07, 6.45) is -3.59. The van der Waals surface area contributed by atoms with Gasteiger partial charge in [0.15, 0.2) is 0 Å². The van der Waals surface area contributed by atoms with Crippen molar-refractivity contribution in [3.05, 3.63) is 35.1 Å². The van der Waals surface area contributed by atoms with E-state index in [1.807, 2.05) is 0 Å². The maximum absolute atomic E-state index is 13.0. The molecule has 1 aliphatic carbocycles. The molecule has 1 fully saturated rings. The number of halogens is 4. The van der Waals surface area contributed by atoms with Crippen LogP contribution in [-0.4, -0.2) is 16.9 Å². The number of alkyl halides is 3. The zero-order valence-electron chi connectivity index (χ0n) is 11.3. The Morgan fingerprint density at radius 2 is 2.05 bits per heavy atom. The molecule has 1 saturated carbocycles. The van der Waals surface area contributed by atoms with E-state index in [9.17, 15) is 22.7 Å². The van der Waals surface area contributed by atoms with Gasteiger partial charge in [-0.15, -0.1) is 0 Å². The summed E-state index contributed by atoms with van der Waals surface area (Å²) in [5.41, 5.74) is 0.0189. The average molecular weight is 290 g/mol. The lowest BCUT2D eigenvalue weighted by atomic mass is 9.74. The van der Waals surface area contributed by atoms with Crippen molar-refractivity contribution in [3.8, 4) is 0 Å². The van der Waals surface area contributed by atoms with Crippen LogP contribution in [0.25, 0.3) is 0 Å². The number of aliphatic hydroxyl groups is 1. The molecule has 2 rings (SSSR count). The summed E-state index contributed by atoms with van der Waals surface area (Å²) < 4.78 is 51.4. The number of hydrogen-bond donors (Lipinski definition) is 1. The minimum atomic E-state index is -4.26. The second-order valence-corrected chi connectivity index (χ2v) is 5.81. The van der Waals surface area contributed by atoms with E-state index in [0.29, 0.717) is 24.0 Å². The molecule has 1 aromatic rings. The largest absolute Gasteiger partial charge is 0.391 e. The molecule has 0 heterocycles. The van der Waals surface area contributed by atoms with E-state index in [-0.39, 0.29) is 25.1 Å². The van der Waals surface area contributed by atoms with Crippen LogP contribution in [-0.2, 0) is 6.42 Å². The van der Waals surface area contributed by atoms with Gasteiger partial charge in [0.05, 0.1) is 11.5 Å². The third kappa shape index (κ3) is 3.51. The Labute approximate surface area is 115 Å². The van der Waals surface area contributed by atoms with Crippen LogP contribution in [0.2, 0.25) is 0 Å². The third-order valence-corrected chi connectivity index (χ3v) is 4.11. The first kappa shape index (κ1) is 15.3. The van der Waals surface area contributed by atoms with Gasteiger partial charge in [0.25, 0.3) is 0 Å². The SMILES string of the molecule is Cc1cc(F)ccc1CC1(O)CCCC(C(F)(F)F)C1. The standard InChI is InChI=1S/C15H18F4O/c1-10-7-13(16)5-4-11(10)8-14(20)6-2-3-12(9-14)15(17,18)19/h4-5,7,12,20H,2-3,6,8-9H2,1H3. The second-order valence-electron chi connectivity index (χ2n) is 5.81. The summed E-state index contributed by atoms with van der Waals surface area (Å²) in [5, 5.41) is 10.5. The van der Waals surface area contributed by atoms with Crippen molar-refractivity contribution < 1.29 is 22.7 Å². The maximum Gasteiger partial charge on any atom is 0.391 e. The summed E-state index contributed by atoms with van der Waals surface area (Å²) in [5.74, 6) is -1.82. The van der Waals surface area contributed by atoms with E-state index in [2.05, 4.69) is 0 Å². The molecule has 5 heteroatoms. The van der Waals surface area contributed by atoms with Crippen molar-refractivity contribution in [2.45, 2.75) is 50.8 Å².